The zero-order chi connectivity index (χ0) is 24.4. The van der Waals surface area contributed by atoms with Crippen molar-refractivity contribution in [3.8, 4) is 0 Å². The number of rotatable bonds is 21. The van der Waals surface area contributed by atoms with Gasteiger partial charge in [0.15, 0.2) is 0 Å². The summed E-state index contributed by atoms with van der Waals surface area (Å²) >= 11 is 21.2. The fourth-order valence-electron chi connectivity index (χ4n) is 2.00. The van der Waals surface area contributed by atoms with Crippen LogP contribution < -0.4 is 75.4 Å². The van der Waals surface area contributed by atoms with Crippen LogP contribution in [0.15, 0.2) is 37.4 Å². The minimum absolute atomic E-state index is 0. The Morgan fingerprint density at radius 2 is 1.00 bits per heavy atom. The van der Waals surface area contributed by atoms with Gasteiger partial charge < -0.3 is 79.3 Å². The van der Waals surface area contributed by atoms with Gasteiger partial charge in [0.25, 0.3) is 0 Å². The van der Waals surface area contributed by atoms with Crippen molar-refractivity contribution in [2.75, 3.05) is 34.5 Å². The van der Waals surface area contributed by atoms with Gasteiger partial charge in [-0.1, -0.05) is 64.8 Å². The minimum atomic E-state index is 0. The molecule has 38 heavy (non-hydrogen) atoms. The molecule has 0 amide bonds. The molecule has 0 aromatic carbocycles. The fraction of sp³-hybridized carbons (Fsp3) is 0.625. The maximum Gasteiger partial charge on any atom is 1.00 e. The van der Waals surface area contributed by atoms with Crippen LogP contribution in [0.25, 0.3) is 0 Å². The molecule has 4 atom stereocenters. The molecule has 22 heteroatoms. The van der Waals surface area contributed by atoms with Crippen LogP contribution in [0.5, 0.6) is 0 Å². The van der Waals surface area contributed by atoms with Crippen molar-refractivity contribution in [3.63, 3.8) is 0 Å². The van der Waals surface area contributed by atoms with Crippen LogP contribution in [0.2, 0.25) is 0 Å². The Labute approximate surface area is 336 Å². The van der Waals surface area contributed by atoms with E-state index >= 15 is 0 Å². The second-order valence-corrected chi connectivity index (χ2v) is 21.0. The van der Waals surface area contributed by atoms with Gasteiger partial charge in [-0.2, -0.15) is 11.5 Å². The van der Waals surface area contributed by atoms with E-state index < -0.39 is 0 Å². The number of hydrogen-bond acceptors (Lipinski definition) is 16. The van der Waals surface area contributed by atoms with Gasteiger partial charge in [0.2, 0.25) is 0 Å². The van der Waals surface area contributed by atoms with Gasteiger partial charge in [-0.05, 0) is 19.7 Å². The zero-order valence-electron chi connectivity index (χ0n) is 21.5. The van der Waals surface area contributed by atoms with E-state index in [0.29, 0.717) is 10.5 Å². The molecule has 2 rings (SSSR count). The molecule has 2 heterocycles. The summed E-state index contributed by atoms with van der Waals surface area (Å²) < 4.78 is 4.13. The molecule has 0 N–H and O–H groups in total. The van der Waals surface area contributed by atoms with Crippen molar-refractivity contribution in [2.45, 2.75) is 21.2 Å². The van der Waals surface area contributed by atoms with Crippen LogP contribution in [0.1, 0.15) is 10.7 Å². The van der Waals surface area contributed by atoms with E-state index in [9.17, 15) is 0 Å². The number of hydrogen-bond donors (Lipinski definition) is 0. The number of imidazole rings is 2. The van der Waals surface area contributed by atoms with Crippen molar-refractivity contribution in [1.29, 1.82) is 0 Å². The molecule has 194 valence electrons. The van der Waals surface area contributed by atoms with Crippen LogP contribution in [0, 0.1) is 0 Å². The number of aromatic nitrogens is 4. The van der Waals surface area contributed by atoms with Gasteiger partial charge in [0.05, 0.1) is 23.4 Å². The van der Waals surface area contributed by atoms with E-state index in [1.165, 1.54) is 21.6 Å². The normalized spacial score (nSPS) is 13.7. The predicted molar refractivity (Wildman–Crippen MR) is 185 cm³/mol. The molecule has 4 nitrogen and oxygen atoms in total. The SMILES string of the molecule is [Li+].[Li+].[Li+].[Li+].[S-]CC(CSSCC(C[S-])SSSCC(S[S-])n1ccnc1)SSSCC(S[S-])n1ccnc1. The van der Waals surface area contributed by atoms with Crippen LogP contribution in [0.4, 0.5) is 0 Å². The van der Waals surface area contributed by atoms with E-state index in [4.69, 9.17) is 48.6 Å². The number of nitrogens with zero attached hydrogens (tertiary/aromatic N) is 4. The van der Waals surface area contributed by atoms with Crippen molar-refractivity contribution < 1.29 is 75.4 Å². The Balaban J connectivity index is -0.00000306. The summed E-state index contributed by atoms with van der Waals surface area (Å²) in [5, 5.41) is 1.39. The topological polar surface area (TPSA) is 35.6 Å². The molecule has 0 aliphatic rings. The molecular weight excluding hydrogens is 725 g/mol. The molecule has 0 radical (unpaired) electrons. The molecule has 0 bridgehead atoms. The van der Waals surface area contributed by atoms with Crippen molar-refractivity contribution in [3.05, 3.63) is 37.4 Å². The third kappa shape index (κ3) is 21.5. The molecule has 2 aromatic heterocycles. The van der Waals surface area contributed by atoms with Gasteiger partial charge in [-0.25, -0.2) is 9.97 Å². The van der Waals surface area contributed by atoms with E-state index in [1.807, 2.05) is 109 Å². The second kappa shape index (κ2) is 32.6. The Bertz CT molecular complexity index is 667. The van der Waals surface area contributed by atoms with Gasteiger partial charge >= 0.3 is 75.4 Å². The maximum atomic E-state index is 5.38. The van der Waals surface area contributed by atoms with Gasteiger partial charge in [0.1, 0.15) is 0 Å². The van der Waals surface area contributed by atoms with Crippen molar-refractivity contribution in [1.82, 2.24) is 19.1 Å². The Morgan fingerprint density at radius 3 is 1.29 bits per heavy atom. The van der Waals surface area contributed by atoms with Gasteiger partial charge in [0, 0.05) is 58.3 Å². The van der Waals surface area contributed by atoms with Crippen LogP contribution in [-0.4, -0.2) is 64.1 Å². The summed E-state index contributed by atoms with van der Waals surface area (Å²) in [7, 11) is 17.8. The molecule has 0 fully saturated rings. The smallest absolute Gasteiger partial charge is 0.791 e. The first-order chi connectivity index (χ1) is 16.7. The summed E-state index contributed by atoms with van der Waals surface area (Å²) in [6.07, 6.45) is 11.2. The standard InChI is InChI=1S/C16H26N4S14.4Li/c21-5-13(31-33-27-9-15(29-23)19-3-1-17-11-19)7-25-26-8-14(6-22)32-34-28-10-16(30-24)20-4-2-18-12-20;;;;/h1-4,11-16,21-24H,5-10H2;;;;/q;4*+1/p-4. The molecule has 4 unspecified atom stereocenters. The van der Waals surface area contributed by atoms with E-state index in [1.54, 1.807) is 12.4 Å². The first kappa shape index (κ1) is 48.1. The van der Waals surface area contributed by atoms with Crippen LogP contribution >= 0.6 is 106 Å². The fourth-order valence-corrected chi connectivity index (χ4v) is 19.2. The Morgan fingerprint density at radius 1 is 0.605 bits per heavy atom. The van der Waals surface area contributed by atoms with Gasteiger partial charge in [-0.3, -0.25) is 0 Å². The second-order valence-electron chi connectivity index (χ2n) is 6.17. The van der Waals surface area contributed by atoms with Crippen LogP contribution in [-0.2, 0) is 48.6 Å². The minimum Gasteiger partial charge on any atom is -0.791 e. The van der Waals surface area contributed by atoms with E-state index in [0.717, 1.165) is 34.5 Å². The Kier molecular flexibility index (Phi) is 41.3. The molecule has 0 saturated carbocycles. The van der Waals surface area contributed by atoms with Gasteiger partial charge in [-0.15, -0.1) is 0 Å². The molecule has 0 aliphatic carbocycles. The first-order valence-corrected chi connectivity index (χ1v) is 24.2. The first-order valence-electron chi connectivity index (χ1n) is 9.54. The summed E-state index contributed by atoms with van der Waals surface area (Å²) in [5.74, 6) is 5.50. The predicted octanol–water partition coefficient (Wildman–Crippen LogP) is -4.55. The van der Waals surface area contributed by atoms with Crippen LogP contribution in [0.3, 0.4) is 0 Å². The monoisotopic (exact) mass is 746 g/mol. The summed E-state index contributed by atoms with van der Waals surface area (Å²) in [6, 6.07) is 0. The van der Waals surface area contributed by atoms with E-state index in [-0.39, 0.29) is 86.2 Å². The molecule has 0 aliphatic heterocycles. The summed E-state index contributed by atoms with van der Waals surface area (Å²) in [4.78, 5) is 8.21. The zero-order valence-corrected chi connectivity index (χ0v) is 33.0. The van der Waals surface area contributed by atoms with Crippen molar-refractivity contribution >= 4 is 155 Å². The molecule has 0 spiro atoms. The third-order valence-corrected chi connectivity index (χ3v) is 20.1. The third-order valence-electron chi connectivity index (χ3n) is 3.77. The average Bonchev–Trinajstić information content (AvgIpc) is 3.59. The molecule has 0 saturated heterocycles. The largest absolute Gasteiger partial charge is 1.00 e. The quantitative estimate of drug-likeness (QED) is 0.0533. The molecular formula is C16H22Li4N4S14. The maximum absolute atomic E-state index is 5.38. The van der Waals surface area contributed by atoms with E-state index in [2.05, 4.69) is 19.1 Å². The summed E-state index contributed by atoms with van der Waals surface area (Å²) in [6.45, 7) is 0. The summed E-state index contributed by atoms with van der Waals surface area (Å²) in [5.41, 5.74) is 0. The molecule has 2 aromatic rings. The Hall–Kier alpha value is 5.71. The van der Waals surface area contributed by atoms with Crippen molar-refractivity contribution in [2.24, 2.45) is 0 Å². The average molecular weight is 747 g/mol.